The Kier molecular flexibility index (Phi) is 5.17. The number of benzene rings is 1. The molecule has 0 bridgehead atoms. The van der Waals surface area contributed by atoms with E-state index < -0.39 is 11.6 Å². The number of carbonyl (C=O) groups is 3. The molecule has 1 aromatic carbocycles. The third kappa shape index (κ3) is 3.92. The van der Waals surface area contributed by atoms with Gasteiger partial charge >= 0.3 is 6.03 Å². The molecule has 1 aliphatic heterocycles. The van der Waals surface area contributed by atoms with Crippen LogP contribution in [0.1, 0.15) is 41.8 Å². The minimum absolute atomic E-state index is 0.173. The molecule has 2 fully saturated rings. The van der Waals surface area contributed by atoms with Crippen LogP contribution in [0, 0.1) is 12.8 Å². The van der Waals surface area contributed by atoms with Crippen molar-refractivity contribution in [2.45, 2.75) is 44.7 Å². The van der Waals surface area contributed by atoms with Crippen molar-refractivity contribution in [3.63, 3.8) is 0 Å². The normalized spacial score (nSPS) is 22.5. The van der Waals surface area contributed by atoms with Crippen LogP contribution in [0.4, 0.5) is 4.79 Å². The maximum absolute atomic E-state index is 12.8. The summed E-state index contributed by atoms with van der Waals surface area (Å²) in [5.74, 6) is -0.457. The molecule has 2 aliphatic rings. The molecule has 2 heterocycles. The molecule has 0 radical (unpaired) electrons. The summed E-state index contributed by atoms with van der Waals surface area (Å²) in [4.78, 5) is 40.1. The molecule has 7 heteroatoms. The van der Waals surface area contributed by atoms with Gasteiger partial charge in [0.25, 0.3) is 5.91 Å². The molecular weight excluding hydrogens is 386 g/mol. The Balaban J connectivity index is 1.47. The summed E-state index contributed by atoms with van der Waals surface area (Å²) in [7, 11) is 0. The summed E-state index contributed by atoms with van der Waals surface area (Å²) in [5, 5.41) is 7.84. The number of carbonyl (C=O) groups excluding carboxylic acids is 3. The van der Waals surface area contributed by atoms with E-state index in [9.17, 15) is 14.4 Å². The number of thiophene rings is 1. The number of rotatable bonds is 7. The first-order valence-electron chi connectivity index (χ1n) is 9.90. The molecule has 2 N–H and O–H groups in total. The lowest BCUT2D eigenvalue weighted by atomic mass is 9.96. The average molecular weight is 412 g/mol. The summed E-state index contributed by atoms with van der Waals surface area (Å²) in [5.41, 5.74) is 1.36. The average Bonchev–Trinajstić information content (AvgIpc) is 3.43. The molecule has 2 unspecified atom stereocenters. The summed E-state index contributed by atoms with van der Waals surface area (Å²) < 4.78 is 0. The second-order valence-corrected chi connectivity index (χ2v) is 9.02. The number of aryl methyl sites for hydroxylation is 1. The monoisotopic (exact) mass is 411 g/mol. The number of hydrogen-bond acceptors (Lipinski definition) is 4. The van der Waals surface area contributed by atoms with Gasteiger partial charge < -0.3 is 10.6 Å². The number of nitrogens with one attached hydrogen (secondary N) is 2. The Morgan fingerprint density at radius 2 is 2.00 bits per heavy atom. The zero-order valence-electron chi connectivity index (χ0n) is 16.6. The van der Waals surface area contributed by atoms with Gasteiger partial charge in [-0.05, 0) is 61.6 Å². The lowest BCUT2D eigenvalue weighted by Crippen LogP contribution is -2.47. The van der Waals surface area contributed by atoms with Gasteiger partial charge in [0, 0.05) is 4.88 Å². The van der Waals surface area contributed by atoms with Crippen molar-refractivity contribution < 1.29 is 14.4 Å². The SMILES string of the molecule is Cc1ccsc1C(Cc1ccccc1)NC(=O)CN1C(=O)NC(C)(C2CC2)C1=O. The highest BCUT2D eigenvalue weighted by Crippen LogP contribution is 2.42. The van der Waals surface area contributed by atoms with Crippen LogP contribution >= 0.6 is 11.3 Å². The number of urea groups is 1. The molecule has 1 saturated heterocycles. The van der Waals surface area contributed by atoms with E-state index in [4.69, 9.17) is 0 Å². The number of hydrogen-bond donors (Lipinski definition) is 2. The lowest BCUT2D eigenvalue weighted by Gasteiger charge is -2.22. The summed E-state index contributed by atoms with van der Waals surface area (Å²) in [6, 6.07) is 11.3. The topological polar surface area (TPSA) is 78.5 Å². The standard InChI is InChI=1S/C22H25N3O3S/c1-14-10-11-29-19(14)17(12-15-6-4-3-5-7-15)23-18(26)13-25-20(27)22(2,16-8-9-16)24-21(25)28/h3-7,10-11,16-17H,8-9,12-13H2,1-2H3,(H,23,26)(H,24,28). The Hall–Kier alpha value is -2.67. The first-order valence-corrected chi connectivity index (χ1v) is 10.8. The van der Waals surface area contributed by atoms with Crippen LogP contribution in [0.2, 0.25) is 0 Å². The highest BCUT2D eigenvalue weighted by Gasteiger charge is 2.56. The summed E-state index contributed by atoms with van der Waals surface area (Å²) >= 11 is 1.60. The minimum Gasteiger partial charge on any atom is -0.347 e. The van der Waals surface area contributed by atoms with E-state index in [2.05, 4.69) is 10.6 Å². The Morgan fingerprint density at radius 1 is 1.28 bits per heavy atom. The van der Waals surface area contributed by atoms with Crippen molar-refractivity contribution >= 4 is 29.2 Å². The van der Waals surface area contributed by atoms with Gasteiger partial charge in [-0.1, -0.05) is 30.3 Å². The van der Waals surface area contributed by atoms with Crippen LogP contribution < -0.4 is 10.6 Å². The van der Waals surface area contributed by atoms with Gasteiger partial charge in [-0.15, -0.1) is 11.3 Å². The van der Waals surface area contributed by atoms with Crippen LogP contribution in [0.3, 0.4) is 0 Å². The Bertz CT molecular complexity index is 938. The van der Waals surface area contributed by atoms with Crippen LogP contribution in [0.25, 0.3) is 0 Å². The molecule has 4 rings (SSSR count). The third-order valence-corrected chi connectivity index (χ3v) is 6.97. The fourth-order valence-corrected chi connectivity index (χ4v) is 4.96. The van der Waals surface area contributed by atoms with Crippen LogP contribution in [0.5, 0.6) is 0 Å². The fourth-order valence-electron chi connectivity index (χ4n) is 3.98. The van der Waals surface area contributed by atoms with E-state index in [1.54, 1.807) is 18.3 Å². The second kappa shape index (κ2) is 7.63. The predicted molar refractivity (Wildman–Crippen MR) is 111 cm³/mol. The zero-order valence-corrected chi connectivity index (χ0v) is 17.4. The fraction of sp³-hybridized carbons (Fsp3) is 0.409. The molecule has 1 aromatic heterocycles. The van der Waals surface area contributed by atoms with E-state index in [1.165, 1.54) is 0 Å². The maximum atomic E-state index is 12.8. The number of imide groups is 1. The summed E-state index contributed by atoms with van der Waals surface area (Å²) in [6.07, 6.45) is 2.51. The molecule has 4 amide bonds. The molecule has 152 valence electrons. The Labute approximate surface area is 174 Å². The van der Waals surface area contributed by atoms with Gasteiger partial charge in [-0.2, -0.15) is 0 Å². The highest BCUT2D eigenvalue weighted by molar-refractivity contribution is 7.10. The minimum atomic E-state index is -0.870. The van der Waals surface area contributed by atoms with Crippen LogP contribution in [-0.4, -0.2) is 34.8 Å². The summed E-state index contributed by atoms with van der Waals surface area (Å²) in [6.45, 7) is 3.52. The smallest absolute Gasteiger partial charge is 0.325 e. The van der Waals surface area contributed by atoms with E-state index in [1.807, 2.05) is 48.7 Å². The van der Waals surface area contributed by atoms with Crippen LogP contribution in [-0.2, 0) is 16.0 Å². The second-order valence-electron chi connectivity index (χ2n) is 8.08. The van der Waals surface area contributed by atoms with Gasteiger partial charge in [-0.25, -0.2) is 4.79 Å². The van der Waals surface area contributed by atoms with Crippen molar-refractivity contribution in [2.24, 2.45) is 5.92 Å². The van der Waals surface area contributed by atoms with E-state index in [-0.39, 0.29) is 30.3 Å². The quantitative estimate of drug-likeness (QED) is 0.687. The first-order chi connectivity index (χ1) is 13.9. The largest absolute Gasteiger partial charge is 0.347 e. The van der Waals surface area contributed by atoms with E-state index in [0.717, 1.165) is 33.7 Å². The van der Waals surface area contributed by atoms with Gasteiger partial charge in [0.1, 0.15) is 12.1 Å². The van der Waals surface area contributed by atoms with Gasteiger partial charge in [0.05, 0.1) is 6.04 Å². The molecule has 6 nitrogen and oxygen atoms in total. The van der Waals surface area contributed by atoms with Gasteiger partial charge in [-0.3, -0.25) is 14.5 Å². The zero-order chi connectivity index (χ0) is 20.6. The van der Waals surface area contributed by atoms with Crippen molar-refractivity contribution in [3.8, 4) is 0 Å². The van der Waals surface area contributed by atoms with Crippen molar-refractivity contribution in [1.82, 2.24) is 15.5 Å². The molecule has 29 heavy (non-hydrogen) atoms. The van der Waals surface area contributed by atoms with Crippen molar-refractivity contribution in [3.05, 3.63) is 57.8 Å². The van der Waals surface area contributed by atoms with E-state index >= 15 is 0 Å². The molecule has 1 saturated carbocycles. The van der Waals surface area contributed by atoms with Gasteiger partial charge in [0.2, 0.25) is 5.91 Å². The Morgan fingerprint density at radius 3 is 2.62 bits per heavy atom. The molecule has 1 aliphatic carbocycles. The van der Waals surface area contributed by atoms with E-state index in [0.29, 0.717) is 6.42 Å². The van der Waals surface area contributed by atoms with Crippen molar-refractivity contribution in [1.29, 1.82) is 0 Å². The maximum Gasteiger partial charge on any atom is 0.325 e. The van der Waals surface area contributed by atoms with Crippen molar-refractivity contribution in [2.75, 3.05) is 6.54 Å². The highest BCUT2D eigenvalue weighted by atomic mass is 32.1. The number of amides is 4. The predicted octanol–water partition coefficient (Wildman–Crippen LogP) is 3.18. The molecular formula is C22H25N3O3S. The molecule has 2 aromatic rings. The van der Waals surface area contributed by atoms with Crippen LogP contribution in [0.15, 0.2) is 41.8 Å². The van der Waals surface area contributed by atoms with Gasteiger partial charge in [0.15, 0.2) is 0 Å². The first kappa shape index (κ1) is 19.6. The molecule has 0 spiro atoms. The lowest BCUT2D eigenvalue weighted by molar-refractivity contribution is -0.135. The molecule has 2 atom stereocenters. The number of nitrogens with zero attached hydrogens (tertiary/aromatic N) is 1. The third-order valence-electron chi connectivity index (χ3n) is 5.83.